The van der Waals surface area contributed by atoms with Crippen LogP contribution in [0.2, 0.25) is 0 Å². The van der Waals surface area contributed by atoms with Gasteiger partial charge in [0.2, 0.25) is 0 Å². The van der Waals surface area contributed by atoms with Crippen LogP contribution in [0.15, 0.2) is 42.5 Å². The van der Waals surface area contributed by atoms with E-state index in [0.717, 1.165) is 11.1 Å². The van der Waals surface area contributed by atoms with Gasteiger partial charge in [0.05, 0.1) is 19.8 Å². The van der Waals surface area contributed by atoms with Crippen molar-refractivity contribution in [2.75, 3.05) is 20.8 Å². The highest BCUT2D eigenvalue weighted by molar-refractivity contribution is 5.95. The van der Waals surface area contributed by atoms with Gasteiger partial charge in [0.15, 0.2) is 0 Å². The van der Waals surface area contributed by atoms with Crippen molar-refractivity contribution in [2.24, 2.45) is 0 Å². The van der Waals surface area contributed by atoms with E-state index < -0.39 is 5.60 Å². The van der Waals surface area contributed by atoms with E-state index in [4.69, 9.17) is 9.47 Å². The van der Waals surface area contributed by atoms with E-state index in [1.165, 1.54) is 14.2 Å². The summed E-state index contributed by atoms with van der Waals surface area (Å²) < 4.78 is 10.4. The molecule has 0 fully saturated rings. The zero-order valence-electron chi connectivity index (χ0n) is 13.8. The first kappa shape index (κ1) is 16.3. The number of rotatable bonds is 5. The summed E-state index contributed by atoms with van der Waals surface area (Å²) in [6.45, 7) is 0.194. The average Bonchev–Trinajstić information content (AvgIpc) is 2.95. The predicted molar refractivity (Wildman–Crippen MR) is 90.7 cm³/mol. The fourth-order valence-electron chi connectivity index (χ4n) is 3.08. The highest BCUT2D eigenvalue weighted by atomic mass is 16.5. The molecule has 1 aliphatic carbocycles. The van der Waals surface area contributed by atoms with Crippen LogP contribution in [0.5, 0.6) is 11.5 Å². The van der Waals surface area contributed by atoms with E-state index in [9.17, 15) is 9.90 Å². The fraction of sp³-hybridized carbons (Fsp3) is 0.316. The molecule has 3 rings (SSSR count). The van der Waals surface area contributed by atoms with E-state index in [-0.39, 0.29) is 12.5 Å². The number of aliphatic hydroxyl groups is 1. The molecule has 0 spiro atoms. The Bertz CT molecular complexity index is 710. The van der Waals surface area contributed by atoms with Gasteiger partial charge in [-0.25, -0.2) is 0 Å². The van der Waals surface area contributed by atoms with E-state index in [1.807, 2.05) is 24.3 Å². The molecular formula is C19H21NO4. The normalized spacial score (nSPS) is 14.8. The summed E-state index contributed by atoms with van der Waals surface area (Å²) in [7, 11) is 3.07. The zero-order valence-corrected chi connectivity index (χ0v) is 13.8. The van der Waals surface area contributed by atoms with E-state index >= 15 is 0 Å². The monoisotopic (exact) mass is 327 g/mol. The second-order valence-corrected chi connectivity index (χ2v) is 6.13. The lowest BCUT2D eigenvalue weighted by atomic mass is 10.0. The SMILES string of the molecule is COc1cc(OC)cc(C(=O)NCC2(O)Cc3ccccc3C2)c1. The molecule has 0 unspecified atom stereocenters. The van der Waals surface area contributed by atoms with Gasteiger partial charge in [-0.2, -0.15) is 0 Å². The van der Waals surface area contributed by atoms with Gasteiger partial charge in [-0.05, 0) is 23.3 Å². The van der Waals surface area contributed by atoms with Crippen molar-refractivity contribution in [3.05, 3.63) is 59.2 Å². The van der Waals surface area contributed by atoms with Crippen LogP contribution < -0.4 is 14.8 Å². The van der Waals surface area contributed by atoms with Crippen molar-refractivity contribution in [3.63, 3.8) is 0 Å². The number of benzene rings is 2. The lowest BCUT2D eigenvalue weighted by molar-refractivity contribution is 0.0479. The number of carbonyl (C=O) groups is 1. The van der Waals surface area contributed by atoms with Crippen molar-refractivity contribution in [1.29, 1.82) is 0 Å². The van der Waals surface area contributed by atoms with E-state index in [2.05, 4.69) is 5.32 Å². The Morgan fingerprint density at radius 1 is 1.08 bits per heavy atom. The molecule has 0 aromatic heterocycles. The largest absolute Gasteiger partial charge is 0.497 e. The van der Waals surface area contributed by atoms with Gasteiger partial charge < -0.3 is 19.9 Å². The van der Waals surface area contributed by atoms with Gasteiger partial charge in [0.25, 0.3) is 5.91 Å². The van der Waals surface area contributed by atoms with Crippen LogP contribution >= 0.6 is 0 Å². The third-order valence-corrected chi connectivity index (χ3v) is 4.35. The molecule has 2 aromatic carbocycles. The maximum Gasteiger partial charge on any atom is 0.251 e. The first-order valence-corrected chi connectivity index (χ1v) is 7.83. The van der Waals surface area contributed by atoms with Crippen molar-refractivity contribution in [2.45, 2.75) is 18.4 Å². The fourth-order valence-corrected chi connectivity index (χ4v) is 3.08. The number of fused-ring (bicyclic) bond motifs is 1. The standard InChI is InChI=1S/C19H21NO4/c1-23-16-7-15(8-17(9-16)24-2)18(21)20-12-19(22)10-13-5-3-4-6-14(13)11-19/h3-9,22H,10-12H2,1-2H3,(H,20,21). The van der Waals surface area contributed by atoms with Crippen molar-refractivity contribution in [3.8, 4) is 11.5 Å². The average molecular weight is 327 g/mol. The molecule has 0 saturated heterocycles. The number of hydrogen-bond donors (Lipinski definition) is 2. The summed E-state index contributed by atoms with van der Waals surface area (Å²) in [6, 6.07) is 13.0. The molecule has 5 nitrogen and oxygen atoms in total. The van der Waals surface area contributed by atoms with Gasteiger partial charge in [-0.15, -0.1) is 0 Å². The number of ether oxygens (including phenoxy) is 2. The number of carbonyl (C=O) groups excluding carboxylic acids is 1. The molecule has 0 radical (unpaired) electrons. The quantitative estimate of drug-likeness (QED) is 0.881. The van der Waals surface area contributed by atoms with Crippen LogP contribution in [-0.4, -0.2) is 37.4 Å². The Labute approximate surface area is 141 Å². The molecule has 0 atom stereocenters. The Balaban J connectivity index is 1.68. The van der Waals surface area contributed by atoms with Crippen LogP contribution in [0.25, 0.3) is 0 Å². The van der Waals surface area contributed by atoms with Gasteiger partial charge in [0.1, 0.15) is 11.5 Å². The molecule has 2 N–H and O–H groups in total. The van der Waals surface area contributed by atoms with Gasteiger partial charge in [0, 0.05) is 31.0 Å². The summed E-state index contributed by atoms with van der Waals surface area (Å²) in [5.41, 5.74) is 1.77. The lowest BCUT2D eigenvalue weighted by Crippen LogP contribution is -2.43. The van der Waals surface area contributed by atoms with Gasteiger partial charge in [-0.3, -0.25) is 4.79 Å². The number of methoxy groups -OCH3 is 2. The number of hydrogen-bond acceptors (Lipinski definition) is 4. The Kier molecular flexibility index (Phi) is 4.44. The second-order valence-electron chi connectivity index (χ2n) is 6.13. The van der Waals surface area contributed by atoms with Crippen LogP contribution in [0.1, 0.15) is 21.5 Å². The minimum atomic E-state index is -0.942. The van der Waals surface area contributed by atoms with Crippen LogP contribution in [0.4, 0.5) is 0 Å². The van der Waals surface area contributed by atoms with Gasteiger partial charge >= 0.3 is 0 Å². The van der Waals surface area contributed by atoms with Crippen molar-refractivity contribution in [1.82, 2.24) is 5.32 Å². The molecule has 1 amide bonds. The molecule has 0 saturated carbocycles. The first-order chi connectivity index (χ1) is 11.5. The zero-order chi connectivity index (χ0) is 17.2. The van der Waals surface area contributed by atoms with Crippen LogP contribution in [-0.2, 0) is 12.8 Å². The Hall–Kier alpha value is -2.53. The molecular weight excluding hydrogens is 306 g/mol. The maximum atomic E-state index is 12.4. The summed E-state index contributed by atoms with van der Waals surface area (Å²) in [5.74, 6) is 0.828. The molecule has 2 aromatic rings. The summed E-state index contributed by atoms with van der Waals surface area (Å²) in [6.07, 6.45) is 1.09. The van der Waals surface area contributed by atoms with Crippen LogP contribution in [0.3, 0.4) is 0 Å². The summed E-state index contributed by atoms with van der Waals surface area (Å²) in [5, 5.41) is 13.6. The minimum absolute atomic E-state index is 0.194. The number of nitrogens with one attached hydrogen (secondary N) is 1. The van der Waals surface area contributed by atoms with E-state index in [0.29, 0.717) is 29.9 Å². The highest BCUT2D eigenvalue weighted by Gasteiger charge is 2.35. The maximum absolute atomic E-state index is 12.4. The minimum Gasteiger partial charge on any atom is -0.497 e. The molecule has 24 heavy (non-hydrogen) atoms. The second kappa shape index (κ2) is 6.53. The van der Waals surface area contributed by atoms with Crippen molar-refractivity contribution < 1.29 is 19.4 Å². The molecule has 1 aliphatic rings. The molecule has 126 valence electrons. The predicted octanol–water partition coefficient (Wildman–Crippen LogP) is 1.96. The summed E-state index contributed by atoms with van der Waals surface area (Å²) in [4.78, 5) is 12.4. The van der Waals surface area contributed by atoms with Gasteiger partial charge in [-0.1, -0.05) is 24.3 Å². The lowest BCUT2D eigenvalue weighted by Gasteiger charge is -2.22. The first-order valence-electron chi connectivity index (χ1n) is 7.83. The molecule has 0 aliphatic heterocycles. The van der Waals surface area contributed by atoms with Crippen molar-refractivity contribution >= 4 is 5.91 Å². The Morgan fingerprint density at radius 3 is 2.12 bits per heavy atom. The van der Waals surface area contributed by atoms with E-state index in [1.54, 1.807) is 18.2 Å². The topological polar surface area (TPSA) is 67.8 Å². The Morgan fingerprint density at radius 2 is 1.62 bits per heavy atom. The summed E-state index contributed by atoms with van der Waals surface area (Å²) >= 11 is 0. The van der Waals surface area contributed by atoms with Crippen LogP contribution in [0, 0.1) is 0 Å². The third-order valence-electron chi connectivity index (χ3n) is 4.35. The third kappa shape index (κ3) is 3.36. The molecule has 5 heteroatoms. The molecule has 0 bridgehead atoms. The number of amides is 1. The molecule has 0 heterocycles. The highest BCUT2D eigenvalue weighted by Crippen LogP contribution is 2.29. The smallest absolute Gasteiger partial charge is 0.251 e.